The zero-order valence-corrected chi connectivity index (χ0v) is 11.2. The highest BCUT2D eigenvalue weighted by molar-refractivity contribution is 5.94. The highest BCUT2D eigenvalue weighted by Crippen LogP contribution is 2.09. The molecule has 0 saturated carbocycles. The van der Waals surface area contributed by atoms with Crippen LogP contribution in [-0.4, -0.2) is 44.7 Å². The van der Waals surface area contributed by atoms with Gasteiger partial charge in [0.2, 0.25) is 0 Å². The monoisotopic (exact) mass is 275 g/mol. The first-order valence-corrected chi connectivity index (χ1v) is 6.23. The minimum Gasteiger partial charge on any atom is -0.393 e. The van der Waals surface area contributed by atoms with E-state index in [0.717, 1.165) is 5.69 Å². The van der Waals surface area contributed by atoms with Crippen molar-refractivity contribution in [3.05, 3.63) is 48.3 Å². The third-order valence-electron chi connectivity index (χ3n) is 2.87. The third kappa shape index (κ3) is 3.43. The molecule has 1 atom stereocenters. The lowest BCUT2D eigenvalue weighted by molar-refractivity contribution is 0.00320. The van der Waals surface area contributed by atoms with Gasteiger partial charge in [0, 0.05) is 24.5 Å². The Morgan fingerprint density at radius 1 is 1.40 bits per heavy atom. The average molecular weight is 275 g/mol. The molecule has 1 aromatic heterocycles. The summed E-state index contributed by atoms with van der Waals surface area (Å²) in [7, 11) is 0. The normalized spacial score (nSPS) is 13.8. The minimum absolute atomic E-state index is 0.0107. The smallest absolute Gasteiger partial charge is 0.251 e. The van der Waals surface area contributed by atoms with Crippen molar-refractivity contribution >= 4 is 5.91 Å². The maximum absolute atomic E-state index is 11.9. The molecule has 6 heteroatoms. The number of nitrogens with one attached hydrogen (secondary N) is 1. The molecule has 0 fully saturated rings. The second-order valence-electron chi connectivity index (χ2n) is 4.84. The van der Waals surface area contributed by atoms with Gasteiger partial charge >= 0.3 is 0 Å². The van der Waals surface area contributed by atoms with Gasteiger partial charge in [-0.3, -0.25) is 4.79 Å². The van der Waals surface area contributed by atoms with E-state index >= 15 is 0 Å². The Hall–Kier alpha value is -2.18. The molecule has 6 nitrogen and oxygen atoms in total. The fourth-order valence-electron chi connectivity index (χ4n) is 1.62. The van der Waals surface area contributed by atoms with Crippen molar-refractivity contribution in [2.45, 2.75) is 12.5 Å². The van der Waals surface area contributed by atoms with Gasteiger partial charge in [-0.2, -0.15) is 5.10 Å². The van der Waals surface area contributed by atoms with Crippen LogP contribution in [-0.2, 0) is 0 Å². The van der Waals surface area contributed by atoms with Crippen LogP contribution in [0.25, 0.3) is 5.69 Å². The first-order chi connectivity index (χ1) is 9.52. The number of hydrogen-bond acceptors (Lipinski definition) is 4. The lowest BCUT2D eigenvalue weighted by atomic mass is 10.1. The molecular formula is C14H17N3O3. The summed E-state index contributed by atoms with van der Waals surface area (Å²) < 4.78 is 1.69. The van der Waals surface area contributed by atoms with E-state index in [1.54, 1.807) is 35.1 Å². The van der Waals surface area contributed by atoms with E-state index in [0.29, 0.717) is 5.56 Å². The molecule has 0 aliphatic heterocycles. The van der Waals surface area contributed by atoms with Crippen molar-refractivity contribution in [3.8, 4) is 5.69 Å². The summed E-state index contributed by atoms with van der Waals surface area (Å²) in [6.07, 6.45) is 3.49. The Balaban J connectivity index is 2.01. The number of carbonyl (C=O) groups excluding carboxylic acids is 1. The maximum atomic E-state index is 11.9. The number of benzene rings is 1. The van der Waals surface area contributed by atoms with Crippen LogP contribution in [0.4, 0.5) is 0 Å². The van der Waals surface area contributed by atoms with Crippen LogP contribution in [0.2, 0.25) is 0 Å². The Morgan fingerprint density at radius 3 is 2.65 bits per heavy atom. The zero-order chi connectivity index (χ0) is 14.6. The van der Waals surface area contributed by atoms with Gasteiger partial charge in [0.25, 0.3) is 5.91 Å². The quantitative estimate of drug-likeness (QED) is 0.734. The number of rotatable bonds is 5. The molecule has 0 aliphatic carbocycles. The van der Waals surface area contributed by atoms with Crippen molar-refractivity contribution in [3.63, 3.8) is 0 Å². The molecule has 1 unspecified atom stereocenters. The Kier molecular flexibility index (Phi) is 4.16. The van der Waals surface area contributed by atoms with E-state index in [1.165, 1.54) is 6.92 Å². The van der Waals surface area contributed by atoms with E-state index in [2.05, 4.69) is 10.4 Å². The molecule has 20 heavy (non-hydrogen) atoms. The van der Waals surface area contributed by atoms with Crippen LogP contribution in [0.1, 0.15) is 17.3 Å². The van der Waals surface area contributed by atoms with Crippen molar-refractivity contribution in [2.75, 3.05) is 13.2 Å². The first kappa shape index (κ1) is 14.2. The summed E-state index contributed by atoms with van der Waals surface area (Å²) >= 11 is 0. The molecule has 0 radical (unpaired) electrons. The lowest BCUT2D eigenvalue weighted by Gasteiger charge is -2.20. The maximum Gasteiger partial charge on any atom is 0.251 e. The van der Waals surface area contributed by atoms with Crippen LogP contribution in [0, 0.1) is 0 Å². The summed E-state index contributed by atoms with van der Waals surface area (Å²) in [5.41, 5.74) is 0.0218. The standard InChI is InChI=1S/C14H17N3O3/c1-14(20,10-18)9-15-13(19)11-3-5-12(6-4-11)17-8-2-7-16-17/h2-8,18,20H,9-10H2,1H3,(H,15,19). The van der Waals surface area contributed by atoms with Gasteiger partial charge in [-0.15, -0.1) is 0 Å². The van der Waals surface area contributed by atoms with E-state index < -0.39 is 12.2 Å². The first-order valence-electron chi connectivity index (χ1n) is 6.23. The average Bonchev–Trinajstić information content (AvgIpc) is 2.99. The molecule has 1 aromatic carbocycles. The molecule has 0 bridgehead atoms. The van der Waals surface area contributed by atoms with Crippen LogP contribution >= 0.6 is 0 Å². The molecule has 2 rings (SSSR count). The molecule has 106 valence electrons. The molecule has 0 aliphatic rings. The number of carbonyl (C=O) groups is 1. The van der Waals surface area contributed by atoms with Gasteiger partial charge in [0.05, 0.1) is 12.3 Å². The van der Waals surface area contributed by atoms with E-state index in [1.807, 2.05) is 12.3 Å². The highest BCUT2D eigenvalue weighted by atomic mass is 16.3. The predicted octanol–water partition coefficient (Wildman–Crippen LogP) is 0.345. The van der Waals surface area contributed by atoms with Gasteiger partial charge in [-0.25, -0.2) is 4.68 Å². The van der Waals surface area contributed by atoms with Crippen LogP contribution in [0.15, 0.2) is 42.7 Å². The molecule has 2 aromatic rings. The summed E-state index contributed by atoms with van der Waals surface area (Å²) in [6.45, 7) is 1.03. The predicted molar refractivity (Wildman–Crippen MR) is 73.6 cm³/mol. The molecule has 0 saturated heterocycles. The largest absolute Gasteiger partial charge is 0.393 e. The number of hydrogen-bond donors (Lipinski definition) is 3. The second kappa shape index (κ2) is 5.85. The number of aliphatic hydroxyl groups excluding tert-OH is 1. The van der Waals surface area contributed by atoms with Crippen molar-refractivity contribution in [2.24, 2.45) is 0 Å². The number of amides is 1. The van der Waals surface area contributed by atoms with Gasteiger partial charge in [-0.1, -0.05) is 0 Å². The number of aliphatic hydroxyl groups is 2. The Morgan fingerprint density at radius 2 is 2.10 bits per heavy atom. The fraction of sp³-hybridized carbons (Fsp3) is 0.286. The van der Waals surface area contributed by atoms with Crippen molar-refractivity contribution in [1.82, 2.24) is 15.1 Å². The van der Waals surface area contributed by atoms with E-state index in [4.69, 9.17) is 5.11 Å². The molecule has 1 heterocycles. The number of aromatic nitrogens is 2. The van der Waals surface area contributed by atoms with E-state index in [9.17, 15) is 9.90 Å². The molecule has 1 amide bonds. The summed E-state index contributed by atoms with van der Waals surface area (Å²) in [6, 6.07) is 8.75. The lowest BCUT2D eigenvalue weighted by Crippen LogP contribution is -2.43. The second-order valence-corrected chi connectivity index (χ2v) is 4.84. The molecule has 0 spiro atoms. The van der Waals surface area contributed by atoms with Crippen LogP contribution in [0.3, 0.4) is 0 Å². The minimum atomic E-state index is -1.31. The van der Waals surface area contributed by atoms with Gasteiger partial charge in [-0.05, 0) is 37.3 Å². The zero-order valence-electron chi connectivity index (χ0n) is 11.2. The topological polar surface area (TPSA) is 87.4 Å². The summed E-state index contributed by atoms with van der Waals surface area (Å²) in [5.74, 6) is -0.300. The Bertz CT molecular complexity index is 562. The van der Waals surface area contributed by atoms with Crippen LogP contribution < -0.4 is 5.32 Å². The highest BCUT2D eigenvalue weighted by Gasteiger charge is 2.20. The van der Waals surface area contributed by atoms with Gasteiger partial charge < -0.3 is 15.5 Å². The third-order valence-corrected chi connectivity index (χ3v) is 2.87. The van der Waals surface area contributed by atoms with E-state index in [-0.39, 0.29) is 12.5 Å². The number of nitrogens with zero attached hydrogens (tertiary/aromatic N) is 2. The Labute approximate surface area is 116 Å². The SMILES string of the molecule is CC(O)(CO)CNC(=O)c1ccc(-n2cccn2)cc1. The van der Waals surface area contributed by atoms with Crippen molar-refractivity contribution in [1.29, 1.82) is 0 Å². The summed E-state index contributed by atoms with van der Waals surface area (Å²) in [5, 5.41) is 25.2. The summed E-state index contributed by atoms with van der Waals surface area (Å²) in [4.78, 5) is 11.9. The molecular weight excluding hydrogens is 258 g/mol. The van der Waals surface area contributed by atoms with Gasteiger partial charge in [0.1, 0.15) is 5.60 Å². The van der Waals surface area contributed by atoms with Crippen LogP contribution in [0.5, 0.6) is 0 Å². The molecule has 3 N–H and O–H groups in total. The fourth-order valence-corrected chi connectivity index (χ4v) is 1.62. The van der Waals surface area contributed by atoms with Gasteiger partial charge in [0.15, 0.2) is 0 Å². The van der Waals surface area contributed by atoms with Crippen molar-refractivity contribution < 1.29 is 15.0 Å².